The predicted octanol–water partition coefficient (Wildman–Crippen LogP) is 3.90. The monoisotopic (exact) mass is 337 g/mol. The summed E-state index contributed by atoms with van der Waals surface area (Å²) in [6, 6.07) is 7.87. The van der Waals surface area contributed by atoms with Crippen molar-refractivity contribution in [3.63, 3.8) is 0 Å². The lowest BCUT2D eigenvalue weighted by atomic mass is 10.0. The molecule has 0 aliphatic rings. The highest BCUT2D eigenvalue weighted by Gasteiger charge is 2.18. The van der Waals surface area contributed by atoms with Crippen molar-refractivity contribution in [1.82, 2.24) is 5.16 Å². The van der Waals surface area contributed by atoms with Gasteiger partial charge in [0.2, 0.25) is 4.67 Å². The van der Waals surface area contributed by atoms with Crippen LogP contribution in [0, 0.1) is 13.8 Å². The van der Waals surface area contributed by atoms with Gasteiger partial charge in [-0.15, -0.1) is 0 Å². The topological polar surface area (TPSA) is 52.3 Å². The van der Waals surface area contributed by atoms with Crippen molar-refractivity contribution in [2.75, 3.05) is 0 Å². The Bertz CT molecular complexity index is 602. The summed E-state index contributed by atoms with van der Waals surface area (Å²) >= 11 is 3.23. The number of aryl methyl sites for hydroxylation is 2. The number of nitrogens with zero attached hydrogens (tertiary/aromatic N) is 1. The van der Waals surface area contributed by atoms with Crippen LogP contribution in [0.2, 0.25) is 0 Å². The van der Waals surface area contributed by atoms with Crippen LogP contribution >= 0.6 is 15.9 Å². The molecule has 20 heavy (non-hydrogen) atoms. The van der Waals surface area contributed by atoms with Gasteiger partial charge < -0.3 is 9.26 Å². The van der Waals surface area contributed by atoms with E-state index in [9.17, 15) is 4.79 Å². The van der Waals surface area contributed by atoms with E-state index in [-0.39, 0.29) is 18.5 Å². The molecule has 1 aromatic carbocycles. The van der Waals surface area contributed by atoms with Gasteiger partial charge in [-0.3, -0.25) is 4.79 Å². The summed E-state index contributed by atoms with van der Waals surface area (Å²) in [6.07, 6.45) is -0.130. The van der Waals surface area contributed by atoms with Gasteiger partial charge in [0.1, 0.15) is 6.10 Å². The fraction of sp³-hybridized carbons (Fsp3) is 0.333. The molecule has 0 bridgehead atoms. The van der Waals surface area contributed by atoms with Gasteiger partial charge in [0.15, 0.2) is 0 Å². The molecule has 0 saturated carbocycles. The second-order valence-corrected chi connectivity index (χ2v) is 5.41. The Kier molecular flexibility index (Phi) is 4.60. The lowest BCUT2D eigenvalue weighted by molar-refractivity contribution is -0.147. The zero-order valence-electron chi connectivity index (χ0n) is 11.6. The molecule has 0 spiro atoms. The Labute approximate surface area is 126 Å². The first-order chi connectivity index (χ1) is 9.49. The Morgan fingerprint density at radius 3 is 2.70 bits per heavy atom. The smallest absolute Gasteiger partial charge is 0.311 e. The molecule has 2 rings (SSSR count). The summed E-state index contributed by atoms with van der Waals surface area (Å²) in [5.41, 5.74) is 3.54. The number of hydrogen-bond acceptors (Lipinski definition) is 4. The van der Waals surface area contributed by atoms with Crippen molar-refractivity contribution in [3.05, 3.63) is 51.3 Å². The third-order valence-electron chi connectivity index (χ3n) is 3.19. The van der Waals surface area contributed by atoms with Crippen LogP contribution in [0.15, 0.2) is 33.5 Å². The summed E-state index contributed by atoms with van der Waals surface area (Å²) in [4.78, 5) is 12.0. The van der Waals surface area contributed by atoms with Crippen LogP contribution in [0.5, 0.6) is 0 Å². The largest absolute Gasteiger partial charge is 0.458 e. The van der Waals surface area contributed by atoms with Gasteiger partial charge in [0.05, 0.1) is 12.1 Å². The molecule has 106 valence electrons. The molecule has 5 heteroatoms. The van der Waals surface area contributed by atoms with E-state index in [2.05, 4.69) is 21.1 Å². The van der Waals surface area contributed by atoms with Crippen LogP contribution in [-0.4, -0.2) is 11.1 Å². The highest BCUT2D eigenvalue weighted by atomic mass is 79.9. The lowest BCUT2D eigenvalue weighted by Gasteiger charge is -2.15. The zero-order valence-corrected chi connectivity index (χ0v) is 13.2. The van der Waals surface area contributed by atoms with Crippen molar-refractivity contribution < 1.29 is 14.1 Å². The van der Waals surface area contributed by atoms with Gasteiger partial charge in [0.25, 0.3) is 0 Å². The second-order valence-electron chi connectivity index (χ2n) is 4.69. The third-order valence-corrected chi connectivity index (χ3v) is 3.82. The van der Waals surface area contributed by atoms with Gasteiger partial charge in [-0.1, -0.05) is 29.4 Å². The predicted molar refractivity (Wildman–Crippen MR) is 78.3 cm³/mol. The number of benzene rings is 1. The van der Waals surface area contributed by atoms with E-state index in [1.807, 2.05) is 38.1 Å². The molecular weight excluding hydrogens is 322 g/mol. The van der Waals surface area contributed by atoms with Crippen LogP contribution in [0.3, 0.4) is 0 Å². The fourth-order valence-corrected chi connectivity index (χ4v) is 2.55. The Balaban J connectivity index is 2.04. The van der Waals surface area contributed by atoms with Crippen molar-refractivity contribution in [2.45, 2.75) is 33.3 Å². The number of esters is 1. The number of aromatic nitrogens is 1. The molecule has 0 aliphatic carbocycles. The van der Waals surface area contributed by atoms with Crippen LogP contribution in [-0.2, 0) is 16.0 Å². The van der Waals surface area contributed by atoms with E-state index < -0.39 is 0 Å². The molecule has 0 radical (unpaired) electrons. The van der Waals surface area contributed by atoms with Gasteiger partial charge in [-0.05, 0) is 47.8 Å². The Morgan fingerprint density at radius 1 is 1.40 bits per heavy atom. The minimum absolute atomic E-state index is 0.145. The average Bonchev–Trinajstić information content (AvgIpc) is 2.71. The fourth-order valence-electron chi connectivity index (χ4n) is 2.05. The normalized spacial score (nSPS) is 12.2. The van der Waals surface area contributed by atoms with Crippen molar-refractivity contribution in [1.29, 1.82) is 0 Å². The quantitative estimate of drug-likeness (QED) is 0.794. The molecule has 1 heterocycles. The van der Waals surface area contributed by atoms with Crippen molar-refractivity contribution in [2.24, 2.45) is 0 Å². The highest BCUT2D eigenvalue weighted by molar-refractivity contribution is 9.10. The summed E-state index contributed by atoms with van der Waals surface area (Å²) in [6.45, 7) is 5.66. The molecule has 0 aliphatic heterocycles. The van der Waals surface area contributed by atoms with Crippen LogP contribution in [0.1, 0.15) is 35.4 Å². The summed E-state index contributed by atoms with van der Waals surface area (Å²) in [7, 11) is 0. The third kappa shape index (κ3) is 3.28. The van der Waals surface area contributed by atoms with E-state index in [4.69, 9.17) is 9.26 Å². The van der Waals surface area contributed by atoms with Crippen LogP contribution < -0.4 is 0 Å². The molecule has 0 fully saturated rings. The maximum atomic E-state index is 12.0. The molecule has 1 atom stereocenters. The first kappa shape index (κ1) is 14.8. The average molecular weight is 338 g/mol. The van der Waals surface area contributed by atoms with Gasteiger partial charge >= 0.3 is 5.97 Å². The second kappa shape index (κ2) is 6.22. The molecule has 0 N–H and O–H groups in total. The Hall–Kier alpha value is -1.62. The molecule has 0 amide bonds. The molecular formula is C15H16BrNO3. The summed E-state index contributed by atoms with van der Waals surface area (Å²) < 4.78 is 10.9. The minimum atomic E-state index is -0.298. The Morgan fingerprint density at radius 2 is 2.10 bits per heavy atom. The summed E-state index contributed by atoms with van der Waals surface area (Å²) in [5, 5.41) is 3.79. The zero-order chi connectivity index (χ0) is 14.7. The SMILES string of the molecule is Cc1ccccc1[C@@H](C)OC(=O)Cc1c(C)noc1Br. The molecule has 0 saturated heterocycles. The number of halogens is 1. The van der Waals surface area contributed by atoms with Gasteiger partial charge in [-0.2, -0.15) is 0 Å². The van der Waals surface area contributed by atoms with Crippen molar-refractivity contribution in [3.8, 4) is 0 Å². The molecule has 2 aromatic rings. The van der Waals surface area contributed by atoms with Crippen LogP contribution in [0.4, 0.5) is 0 Å². The maximum Gasteiger partial charge on any atom is 0.311 e. The number of carbonyl (C=O) groups excluding carboxylic acids is 1. The lowest BCUT2D eigenvalue weighted by Crippen LogP contribution is -2.12. The summed E-state index contributed by atoms with van der Waals surface area (Å²) in [5.74, 6) is -0.298. The highest BCUT2D eigenvalue weighted by Crippen LogP contribution is 2.24. The van der Waals surface area contributed by atoms with Crippen molar-refractivity contribution >= 4 is 21.9 Å². The van der Waals surface area contributed by atoms with Gasteiger partial charge in [0, 0.05) is 5.56 Å². The molecule has 1 aromatic heterocycles. The molecule has 4 nitrogen and oxygen atoms in total. The van der Waals surface area contributed by atoms with E-state index in [0.717, 1.165) is 16.7 Å². The number of rotatable bonds is 4. The number of hydrogen-bond donors (Lipinski definition) is 0. The molecule has 0 unspecified atom stereocenters. The standard InChI is InChI=1S/C15H16BrNO3/c1-9-6-4-5-7-12(9)11(3)19-14(18)8-13-10(2)17-20-15(13)16/h4-7,11H,8H2,1-3H3/t11-/m1/s1. The van der Waals surface area contributed by atoms with Crippen LogP contribution in [0.25, 0.3) is 0 Å². The van der Waals surface area contributed by atoms with E-state index in [1.165, 1.54) is 0 Å². The first-order valence-electron chi connectivity index (χ1n) is 6.34. The minimum Gasteiger partial charge on any atom is -0.458 e. The van der Waals surface area contributed by atoms with Gasteiger partial charge in [-0.25, -0.2) is 0 Å². The van der Waals surface area contributed by atoms with E-state index in [0.29, 0.717) is 10.4 Å². The van der Waals surface area contributed by atoms with E-state index >= 15 is 0 Å². The number of carbonyl (C=O) groups is 1. The first-order valence-corrected chi connectivity index (χ1v) is 7.14. The maximum absolute atomic E-state index is 12.0. The number of ether oxygens (including phenoxy) is 1. The van der Waals surface area contributed by atoms with E-state index in [1.54, 1.807) is 6.92 Å².